The lowest BCUT2D eigenvalue weighted by Gasteiger charge is -2.13. The van der Waals surface area contributed by atoms with Crippen molar-refractivity contribution in [2.75, 3.05) is 19.0 Å². The summed E-state index contributed by atoms with van der Waals surface area (Å²) in [4.78, 5) is 9.06. The molecule has 9 nitrogen and oxygen atoms in total. The second kappa shape index (κ2) is 10.7. The maximum atomic E-state index is 12.9. The molecule has 4 aromatic rings. The molecule has 2 N–H and O–H groups in total. The number of anilines is 1. The molecule has 0 bridgehead atoms. The Morgan fingerprint density at radius 1 is 1.22 bits per heavy atom. The fraction of sp³-hybridized carbons (Fsp3) is 0.240. The zero-order chi connectivity index (χ0) is 25.9. The van der Waals surface area contributed by atoms with E-state index in [0.717, 1.165) is 17.7 Å². The summed E-state index contributed by atoms with van der Waals surface area (Å²) in [6, 6.07) is 10.6. The van der Waals surface area contributed by atoms with Crippen LogP contribution in [-0.2, 0) is 23.0 Å². The van der Waals surface area contributed by atoms with E-state index < -0.39 is 10.0 Å². The molecule has 4 rings (SSSR count). The van der Waals surface area contributed by atoms with Crippen LogP contribution in [0.2, 0.25) is 5.15 Å². The van der Waals surface area contributed by atoms with E-state index in [1.807, 2.05) is 13.0 Å². The van der Waals surface area contributed by atoms with Crippen LogP contribution in [0.3, 0.4) is 0 Å². The molecule has 36 heavy (non-hydrogen) atoms. The summed E-state index contributed by atoms with van der Waals surface area (Å²) in [5.74, 6) is 0.221. The number of ether oxygens (including phenoxy) is 1. The van der Waals surface area contributed by atoms with Crippen LogP contribution < -0.4 is 14.8 Å². The second-order valence-electron chi connectivity index (χ2n) is 8.03. The van der Waals surface area contributed by atoms with E-state index in [1.165, 1.54) is 13.2 Å². The molecule has 0 aliphatic rings. The molecule has 0 unspecified atom stereocenters. The first-order valence-electron chi connectivity index (χ1n) is 11.3. The van der Waals surface area contributed by atoms with Gasteiger partial charge in [-0.1, -0.05) is 24.6 Å². The molecule has 1 aromatic carbocycles. The number of hydrogen-bond donors (Lipinski definition) is 2. The standard InChI is InChI=1S/C25H27ClN6O3S/c1-5-10-29-36(33,34)22-13-18(7-8-21(22)35-4)24-16(3)30-25-20(14-23(26)31-32(24)25)28-15-17-9-11-27-19(6-2)12-17/h5,7-9,11-14,28-29H,1,6,10,15H2,2-4H3. The van der Waals surface area contributed by atoms with Gasteiger partial charge in [-0.3, -0.25) is 4.98 Å². The minimum absolute atomic E-state index is 0.00323. The van der Waals surface area contributed by atoms with Crippen LogP contribution in [0.4, 0.5) is 5.69 Å². The Balaban J connectivity index is 1.78. The van der Waals surface area contributed by atoms with E-state index in [1.54, 1.807) is 35.0 Å². The number of nitrogens with zero attached hydrogens (tertiary/aromatic N) is 4. The summed E-state index contributed by atoms with van der Waals surface area (Å²) < 4.78 is 35.2. The number of methoxy groups -OCH3 is 1. The number of nitrogens with one attached hydrogen (secondary N) is 2. The lowest BCUT2D eigenvalue weighted by atomic mass is 10.1. The van der Waals surface area contributed by atoms with Crippen molar-refractivity contribution in [1.29, 1.82) is 0 Å². The van der Waals surface area contributed by atoms with Gasteiger partial charge in [0.2, 0.25) is 10.0 Å². The molecular weight excluding hydrogens is 500 g/mol. The average Bonchev–Trinajstić information content (AvgIpc) is 3.21. The summed E-state index contributed by atoms with van der Waals surface area (Å²) in [7, 11) is -2.42. The maximum absolute atomic E-state index is 12.9. The number of aryl methyl sites for hydroxylation is 2. The Bertz CT molecular complexity index is 1530. The van der Waals surface area contributed by atoms with Crippen LogP contribution in [0.25, 0.3) is 16.9 Å². The molecule has 0 aliphatic carbocycles. The highest BCUT2D eigenvalue weighted by Crippen LogP contribution is 2.33. The third-order valence-electron chi connectivity index (χ3n) is 5.60. The van der Waals surface area contributed by atoms with Crippen LogP contribution in [0, 0.1) is 6.92 Å². The van der Waals surface area contributed by atoms with Crippen molar-refractivity contribution in [3.8, 4) is 17.0 Å². The van der Waals surface area contributed by atoms with E-state index in [-0.39, 0.29) is 22.3 Å². The van der Waals surface area contributed by atoms with Crippen molar-refractivity contribution in [3.05, 3.63) is 77.4 Å². The zero-order valence-electron chi connectivity index (χ0n) is 20.2. The minimum atomic E-state index is -3.85. The molecule has 0 saturated heterocycles. The molecule has 0 aliphatic heterocycles. The Hall–Kier alpha value is -3.47. The van der Waals surface area contributed by atoms with Gasteiger partial charge in [-0.2, -0.15) is 5.10 Å². The third kappa shape index (κ3) is 5.20. The lowest BCUT2D eigenvalue weighted by molar-refractivity contribution is 0.402. The van der Waals surface area contributed by atoms with Gasteiger partial charge in [0.15, 0.2) is 10.8 Å². The average molecular weight is 527 g/mol. The smallest absolute Gasteiger partial charge is 0.244 e. The summed E-state index contributed by atoms with van der Waals surface area (Å²) >= 11 is 6.39. The first-order valence-corrected chi connectivity index (χ1v) is 13.2. The highest BCUT2D eigenvalue weighted by Gasteiger charge is 2.23. The normalized spacial score (nSPS) is 11.6. The number of fused-ring (bicyclic) bond motifs is 1. The molecule has 0 radical (unpaired) electrons. The second-order valence-corrected chi connectivity index (χ2v) is 10.2. The monoisotopic (exact) mass is 526 g/mol. The predicted molar refractivity (Wildman–Crippen MR) is 141 cm³/mol. The predicted octanol–water partition coefficient (Wildman–Crippen LogP) is 4.40. The van der Waals surface area contributed by atoms with Crippen molar-refractivity contribution in [3.63, 3.8) is 0 Å². The number of rotatable bonds is 10. The topological polar surface area (TPSA) is 111 Å². The maximum Gasteiger partial charge on any atom is 0.244 e. The van der Waals surface area contributed by atoms with Crippen LogP contribution in [-0.4, -0.2) is 41.7 Å². The fourth-order valence-electron chi connectivity index (χ4n) is 3.87. The fourth-order valence-corrected chi connectivity index (χ4v) is 5.24. The number of sulfonamides is 1. The third-order valence-corrected chi connectivity index (χ3v) is 7.23. The summed E-state index contributed by atoms with van der Waals surface area (Å²) in [5.41, 5.74) is 5.25. The largest absolute Gasteiger partial charge is 0.495 e. The van der Waals surface area contributed by atoms with Crippen LogP contribution in [0.15, 0.2) is 60.1 Å². The number of pyridine rings is 1. The first-order chi connectivity index (χ1) is 17.3. The van der Waals surface area contributed by atoms with Crippen LogP contribution >= 0.6 is 11.6 Å². The molecule has 0 amide bonds. The van der Waals surface area contributed by atoms with Gasteiger partial charge in [-0.15, -0.1) is 6.58 Å². The number of imidazole rings is 1. The summed E-state index contributed by atoms with van der Waals surface area (Å²) in [5, 5.41) is 8.12. The van der Waals surface area contributed by atoms with Gasteiger partial charge >= 0.3 is 0 Å². The van der Waals surface area contributed by atoms with Gasteiger partial charge in [0.25, 0.3) is 0 Å². The minimum Gasteiger partial charge on any atom is -0.495 e. The van der Waals surface area contributed by atoms with E-state index in [9.17, 15) is 8.42 Å². The summed E-state index contributed by atoms with van der Waals surface area (Å²) in [6.07, 6.45) is 4.12. The Morgan fingerprint density at radius 3 is 2.75 bits per heavy atom. The molecule has 11 heteroatoms. The molecule has 3 aromatic heterocycles. The van der Waals surface area contributed by atoms with Crippen molar-refractivity contribution >= 4 is 33.0 Å². The van der Waals surface area contributed by atoms with Crippen LogP contribution in [0.5, 0.6) is 5.75 Å². The Labute approximate surface area is 215 Å². The number of benzene rings is 1. The van der Waals surface area contributed by atoms with Gasteiger partial charge < -0.3 is 10.1 Å². The summed E-state index contributed by atoms with van der Waals surface area (Å²) in [6.45, 7) is 8.10. The van der Waals surface area contributed by atoms with E-state index in [4.69, 9.17) is 21.3 Å². The van der Waals surface area contributed by atoms with E-state index in [0.29, 0.717) is 34.8 Å². The van der Waals surface area contributed by atoms with Gasteiger partial charge in [0.05, 0.1) is 24.2 Å². The van der Waals surface area contributed by atoms with Gasteiger partial charge in [-0.05, 0) is 49.2 Å². The molecule has 3 heterocycles. The van der Waals surface area contributed by atoms with Crippen molar-refractivity contribution in [1.82, 2.24) is 24.3 Å². The SMILES string of the molecule is C=CCNS(=O)(=O)c1cc(-c2c(C)nc3c(NCc4ccnc(CC)c4)cc(Cl)nn23)ccc1OC. The quantitative estimate of drug-likeness (QED) is 0.295. The van der Waals surface area contributed by atoms with Gasteiger partial charge in [-0.25, -0.2) is 22.6 Å². The molecule has 0 atom stereocenters. The highest BCUT2D eigenvalue weighted by molar-refractivity contribution is 7.89. The number of halogens is 1. The van der Waals surface area contributed by atoms with Gasteiger partial charge in [0.1, 0.15) is 10.6 Å². The van der Waals surface area contributed by atoms with Gasteiger partial charge in [0, 0.05) is 36.6 Å². The molecule has 0 fully saturated rings. The van der Waals surface area contributed by atoms with E-state index >= 15 is 0 Å². The lowest BCUT2D eigenvalue weighted by Crippen LogP contribution is -2.24. The Kier molecular flexibility index (Phi) is 7.58. The number of hydrogen-bond acceptors (Lipinski definition) is 7. The first kappa shape index (κ1) is 25.6. The van der Waals surface area contributed by atoms with E-state index in [2.05, 4.69) is 39.7 Å². The molecule has 0 spiro atoms. The Morgan fingerprint density at radius 2 is 2.03 bits per heavy atom. The van der Waals surface area contributed by atoms with Crippen molar-refractivity contribution in [2.24, 2.45) is 0 Å². The molecule has 188 valence electrons. The highest BCUT2D eigenvalue weighted by atomic mass is 35.5. The van der Waals surface area contributed by atoms with Crippen molar-refractivity contribution < 1.29 is 13.2 Å². The van der Waals surface area contributed by atoms with Crippen LogP contribution in [0.1, 0.15) is 23.9 Å². The number of aromatic nitrogens is 4. The molecular formula is C25H27ClN6O3S. The molecule has 0 saturated carbocycles. The zero-order valence-corrected chi connectivity index (χ0v) is 21.8. The van der Waals surface area contributed by atoms with Crippen molar-refractivity contribution in [2.45, 2.75) is 31.7 Å².